The summed E-state index contributed by atoms with van der Waals surface area (Å²) in [5.74, 6) is 0.849. The first-order chi connectivity index (χ1) is 10.0. The van der Waals surface area contributed by atoms with Crippen LogP contribution in [0.2, 0.25) is 0 Å². The first kappa shape index (κ1) is 19.7. The second-order valence-electron chi connectivity index (χ2n) is 6.57. The van der Waals surface area contributed by atoms with Crippen LogP contribution in [0.3, 0.4) is 0 Å². The molecular weight excluding hydrogens is 409 g/mol. The zero-order valence-electron chi connectivity index (χ0n) is 13.7. The van der Waals surface area contributed by atoms with Gasteiger partial charge < -0.3 is 15.7 Å². The summed E-state index contributed by atoms with van der Waals surface area (Å²) >= 11 is 1.78. The second-order valence-corrected chi connectivity index (χ2v) is 7.52. The lowest BCUT2D eigenvalue weighted by Gasteiger charge is -2.22. The van der Waals surface area contributed by atoms with Crippen molar-refractivity contribution in [2.45, 2.75) is 39.0 Å². The van der Waals surface area contributed by atoms with E-state index in [9.17, 15) is 5.11 Å². The number of guanidine groups is 1. The van der Waals surface area contributed by atoms with Crippen LogP contribution in [0.25, 0.3) is 0 Å². The van der Waals surface area contributed by atoms with Crippen LogP contribution >= 0.6 is 35.3 Å². The molecule has 3 N–H and O–H groups in total. The van der Waals surface area contributed by atoms with Gasteiger partial charge in [-0.25, -0.2) is 0 Å². The van der Waals surface area contributed by atoms with E-state index in [-0.39, 0.29) is 41.4 Å². The molecule has 0 bridgehead atoms. The Kier molecular flexibility index (Phi) is 7.61. The van der Waals surface area contributed by atoms with Crippen molar-refractivity contribution in [1.82, 2.24) is 10.6 Å². The summed E-state index contributed by atoms with van der Waals surface area (Å²) in [6.07, 6.45) is 2.22. The lowest BCUT2D eigenvalue weighted by atomic mass is 9.92. The van der Waals surface area contributed by atoms with E-state index in [1.54, 1.807) is 11.3 Å². The Morgan fingerprint density at radius 1 is 1.41 bits per heavy atom. The summed E-state index contributed by atoms with van der Waals surface area (Å²) in [5, 5.41) is 18.2. The number of aliphatic hydroxyl groups excluding tert-OH is 1. The molecule has 1 aromatic rings. The van der Waals surface area contributed by atoms with Crippen molar-refractivity contribution >= 4 is 41.3 Å². The molecule has 0 atom stereocenters. The van der Waals surface area contributed by atoms with Gasteiger partial charge in [0.2, 0.25) is 0 Å². The van der Waals surface area contributed by atoms with E-state index in [0.29, 0.717) is 0 Å². The Balaban J connectivity index is 0.00000242. The van der Waals surface area contributed by atoms with Crippen molar-refractivity contribution in [1.29, 1.82) is 0 Å². The van der Waals surface area contributed by atoms with Gasteiger partial charge in [-0.3, -0.25) is 4.99 Å². The van der Waals surface area contributed by atoms with Crippen molar-refractivity contribution < 1.29 is 5.11 Å². The highest BCUT2D eigenvalue weighted by atomic mass is 127. The Hall–Kier alpha value is -0.340. The van der Waals surface area contributed by atoms with Crippen LogP contribution in [0.1, 0.15) is 38.5 Å². The molecule has 1 fully saturated rings. The van der Waals surface area contributed by atoms with Crippen molar-refractivity contribution in [3.05, 3.63) is 22.4 Å². The van der Waals surface area contributed by atoms with Crippen molar-refractivity contribution in [3.63, 3.8) is 0 Å². The Bertz CT molecular complexity index is 470. The molecule has 0 amide bonds. The highest BCUT2D eigenvalue weighted by Crippen LogP contribution is 2.44. The molecule has 0 aliphatic heterocycles. The fourth-order valence-corrected chi connectivity index (χ4v) is 3.04. The molecule has 0 aromatic carbocycles. The van der Waals surface area contributed by atoms with Gasteiger partial charge >= 0.3 is 0 Å². The fraction of sp³-hybridized carbons (Fsp3) is 0.688. The number of nitrogens with zero attached hydrogens (tertiary/aromatic N) is 1. The molecule has 0 saturated heterocycles. The van der Waals surface area contributed by atoms with E-state index >= 15 is 0 Å². The van der Waals surface area contributed by atoms with Crippen molar-refractivity contribution in [3.8, 4) is 0 Å². The van der Waals surface area contributed by atoms with Gasteiger partial charge in [0.1, 0.15) is 0 Å². The highest BCUT2D eigenvalue weighted by Gasteiger charge is 2.41. The molecule has 1 saturated carbocycles. The maximum absolute atomic E-state index is 9.38. The molecule has 6 heteroatoms. The second kappa shape index (κ2) is 8.49. The Morgan fingerprint density at radius 3 is 2.64 bits per heavy atom. The number of halogens is 1. The molecule has 1 heterocycles. The third kappa shape index (κ3) is 5.38. The smallest absolute Gasteiger partial charge is 0.191 e. The predicted molar refractivity (Wildman–Crippen MR) is 105 cm³/mol. The average Bonchev–Trinajstić information content (AvgIpc) is 3.02. The van der Waals surface area contributed by atoms with Gasteiger partial charge in [0.25, 0.3) is 0 Å². The monoisotopic (exact) mass is 437 g/mol. The molecule has 126 valence electrons. The summed E-state index contributed by atoms with van der Waals surface area (Å²) in [7, 11) is 0. The van der Waals surface area contributed by atoms with Crippen LogP contribution < -0.4 is 10.6 Å². The third-order valence-corrected chi connectivity index (χ3v) is 5.32. The first-order valence-electron chi connectivity index (χ1n) is 7.68. The van der Waals surface area contributed by atoms with Gasteiger partial charge in [0, 0.05) is 28.8 Å². The number of hydrogen-bond acceptors (Lipinski definition) is 3. The van der Waals surface area contributed by atoms with E-state index in [4.69, 9.17) is 4.99 Å². The minimum absolute atomic E-state index is 0. The van der Waals surface area contributed by atoms with Crippen LogP contribution in [-0.4, -0.2) is 37.3 Å². The molecule has 4 nitrogen and oxygen atoms in total. The summed E-state index contributed by atoms with van der Waals surface area (Å²) in [4.78, 5) is 6.08. The number of rotatable bonds is 7. The topological polar surface area (TPSA) is 56.7 Å². The van der Waals surface area contributed by atoms with Crippen molar-refractivity contribution in [2.75, 3.05) is 26.2 Å². The molecule has 0 radical (unpaired) electrons. The number of hydrogen-bond donors (Lipinski definition) is 3. The molecule has 0 unspecified atom stereocenters. The maximum Gasteiger partial charge on any atom is 0.191 e. The normalized spacial score (nSPS) is 16.8. The minimum atomic E-state index is 0. The van der Waals surface area contributed by atoms with E-state index in [2.05, 4.69) is 48.9 Å². The number of aliphatic hydroxyl groups is 1. The summed E-state index contributed by atoms with van der Waals surface area (Å²) in [5.41, 5.74) is 0.143. The lowest BCUT2D eigenvalue weighted by Crippen LogP contribution is -2.41. The molecule has 2 rings (SSSR count). The van der Waals surface area contributed by atoms with Gasteiger partial charge in [-0.05, 0) is 31.2 Å². The fourth-order valence-electron chi connectivity index (χ4n) is 2.20. The van der Waals surface area contributed by atoms with Crippen LogP contribution in [0.15, 0.2) is 22.5 Å². The summed E-state index contributed by atoms with van der Waals surface area (Å²) in [6.45, 7) is 9.17. The van der Waals surface area contributed by atoms with Crippen LogP contribution in [0, 0.1) is 5.41 Å². The largest absolute Gasteiger partial charge is 0.396 e. The van der Waals surface area contributed by atoms with E-state index < -0.39 is 0 Å². The van der Waals surface area contributed by atoms with Gasteiger partial charge in [-0.1, -0.05) is 19.9 Å². The SMILES string of the molecule is CCNC(=NCC(C)(C)c1cccs1)NCC1(CO)CC1.I. The van der Waals surface area contributed by atoms with E-state index in [1.165, 1.54) is 4.88 Å². The Labute approximate surface area is 154 Å². The predicted octanol–water partition coefficient (Wildman–Crippen LogP) is 2.97. The highest BCUT2D eigenvalue weighted by molar-refractivity contribution is 14.0. The molecule has 0 spiro atoms. The standard InChI is InChI=1S/C16H27N3OS.HI/c1-4-17-14(19-11-16(12-20)7-8-16)18-10-15(2,3)13-6-5-9-21-13;/h5-6,9,20H,4,7-8,10-12H2,1-3H3,(H2,17,18,19);1H. The van der Waals surface area contributed by atoms with Gasteiger partial charge in [-0.2, -0.15) is 0 Å². The van der Waals surface area contributed by atoms with Gasteiger partial charge in [0.05, 0.1) is 13.2 Å². The molecule has 1 aromatic heterocycles. The zero-order chi connectivity index (χ0) is 15.3. The average molecular weight is 437 g/mol. The molecule has 1 aliphatic rings. The maximum atomic E-state index is 9.38. The molecular formula is C16H28IN3OS. The Morgan fingerprint density at radius 2 is 2.14 bits per heavy atom. The van der Waals surface area contributed by atoms with Crippen LogP contribution in [0.4, 0.5) is 0 Å². The summed E-state index contributed by atoms with van der Waals surface area (Å²) in [6, 6.07) is 4.26. The lowest BCUT2D eigenvalue weighted by molar-refractivity contribution is 0.212. The van der Waals surface area contributed by atoms with E-state index in [0.717, 1.165) is 38.4 Å². The number of aliphatic imine (C=N–C) groups is 1. The van der Waals surface area contributed by atoms with Crippen LogP contribution in [-0.2, 0) is 5.41 Å². The number of nitrogens with one attached hydrogen (secondary N) is 2. The van der Waals surface area contributed by atoms with Crippen LogP contribution in [0.5, 0.6) is 0 Å². The van der Waals surface area contributed by atoms with Gasteiger partial charge in [0.15, 0.2) is 5.96 Å². The van der Waals surface area contributed by atoms with Crippen molar-refractivity contribution in [2.24, 2.45) is 10.4 Å². The van der Waals surface area contributed by atoms with Gasteiger partial charge in [-0.15, -0.1) is 35.3 Å². The first-order valence-corrected chi connectivity index (χ1v) is 8.56. The third-order valence-electron chi connectivity index (χ3n) is 4.09. The zero-order valence-corrected chi connectivity index (χ0v) is 16.8. The molecule has 22 heavy (non-hydrogen) atoms. The minimum Gasteiger partial charge on any atom is -0.396 e. The van der Waals surface area contributed by atoms with E-state index in [1.807, 2.05) is 0 Å². The quantitative estimate of drug-likeness (QED) is 0.349. The molecule has 1 aliphatic carbocycles. The number of thiophene rings is 1. The summed E-state index contributed by atoms with van der Waals surface area (Å²) < 4.78 is 0.